The fourth-order valence-electron chi connectivity index (χ4n) is 4.09. The number of hydrogen-bond acceptors (Lipinski definition) is 4. The Morgan fingerprint density at radius 2 is 1.55 bits per heavy atom. The average molecular weight is 443 g/mol. The van der Waals surface area contributed by atoms with Crippen molar-refractivity contribution in [3.05, 3.63) is 101 Å². The standard InChI is InChI=1S/C27H26N2O4/c1-27(2)25(31)29(23-15-9-14-21(17-23)24(30)33-3)26(32)28(27)18-22-13-8-7-12-20(22)16-19-10-5-4-6-11-19/h4-15,17H,16,18H2,1-3H3. The molecule has 1 fully saturated rings. The van der Waals surface area contributed by atoms with E-state index in [4.69, 9.17) is 4.74 Å². The molecule has 1 heterocycles. The van der Waals surface area contributed by atoms with Crippen LogP contribution in [0.1, 0.15) is 40.9 Å². The highest BCUT2D eigenvalue weighted by Crippen LogP contribution is 2.34. The first-order valence-corrected chi connectivity index (χ1v) is 10.8. The molecule has 0 spiro atoms. The van der Waals surface area contributed by atoms with Crippen molar-refractivity contribution in [3.8, 4) is 0 Å². The van der Waals surface area contributed by atoms with Crippen molar-refractivity contribution in [2.45, 2.75) is 32.4 Å². The van der Waals surface area contributed by atoms with Gasteiger partial charge in [0.1, 0.15) is 5.54 Å². The number of ether oxygens (including phenoxy) is 1. The molecule has 0 radical (unpaired) electrons. The molecule has 0 unspecified atom stereocenters. The zero-order valence-electron chi connectivity index (χ0n) is 18.9. The number of carbonyl (C=O) groups excluding carboxylic acids is 3. The Labute approximate surface area is 193 Å². The third kappa shape index (κ3) is 4.24. The van der Waals surface area contributed by atoms with Crippen molar-refractivity contribution >= 4 is 23.6 Å². The van der Waals surface area contributed by atoms with E-state index in [0.29, 0.717) is 12.2 Å². The second kappa shape index (κ2) is 8.90. The predicted molar refractivity (Wildman–Crippen MR) is 126 cm³/mol. The first-order chi connectivity index (χ1) is 15.8. The SMILES string of the molecule is COC(=O)c1cccc(N2C(=O)N(Cc3ccccc3Cc3ccccc3)C(C)(C)C2=O)c1. The molecule has 6 nitrogen and oxygen atoms in total. The van der Waals surface area contributed by atoms with Gasteiger partial charge in [0.25, 0.3) is 5.91 Å². The van der Waals surface area contributed by atoms with Gasteiger partial charge in [-0.05, 0) is 55.2 Å². The topological polar surface area (TPSA) is 66.9 Å². The van der Waals surface area contributed by atoms with Crippen LogP contribution in [0.2, 0.25) is 0 Å². The summed E-state index contributed by atoms with van der Waals surface area (Å²) in [5.41, 5.74) is 2.85. The van der Waals surface area contributed by atoms with Gasteiger partial charge in [-0.3, -0.25) is 4.79 Å². The van der Waals surface area contributed by atoms with E-state index in [1.165, 1.54) is 18.7 Å². The molecule has 0 bridgehead atoms. The fraction of sp³-hybridized carbons (Fsp3) is 0.222. The van der Waals surface area contributed by atoms with Crippen molar-refractivity contribution in [3.63, 3.8) is 0 Å². The third-order valence-corrected chi connectivity index (χ3v) is 6.03. The molecule has 3 aromatic rings. The van der Waals surface area contributed by atoms with Crippen LogP contribution in [0.5, 0.6) is 0 Å². The van der Waals surface area contributed by atoms with Crippen LogP contribution >= 0.6 is 0 Å². The Hall–Kier alpha value is -3.93. The van der Waals surface area contributed by atoms with Gasteiger partial charge < -0.3 is 9.64 Å². The molecule has 1 aliphatic rings. The number of esters is 1. The van der Waals surface area contributed by atoms with Crippen LogP contribution in [0, 0.1) is 0 Å². The van der Waals surface area contributed by atoms with Gasteiger partial charge in [0.05, 0.1) is 18.4 Å². The lowest BCUT2D eigenvalue weighted by Gasteiger charge is -2.28. The Balaban J connectivity index is 1.65. The van der Waals surface area contributed by atoms with E-state index in [1.54, 1.807) is 36.9 Å². The number of carbonyl (C=O) groups is 3. The van der Waals surface area contributed by atoms with Crippen molar-refractivity contribution in [1.82, 2.24) is 4.90 Å². The van der Waals surface area contributed by atoms with Gasteiger partial charge in [-0.2, -0.15) is 0 Å². The van der Waals surface area contributed by atoms with Gasteiger partial charge in [-0.25, -0.2) is 14.5 Å². The molecule has 0 N–H and O–H groups in total. The normalized spacial score (nSPS) is 15.1. The zero-order valence-corrected chi connectivity index (χ0v) is 18.9. The summed E-state index contributed by atoms with van der Waals surface area (Å²) in [6, 6.07) is 24.0. The van der Waals surface area contributed by atoms with Crippen molar-refractivity contribution in [1.29, 1.82) is 0 Å². The first-order valence-electron chi connectivity index (χ1n) is 10.8. The lowest BCUT2D eigenvalue weighted by molar-refractivity contribution is -0.123. The van der Waals surface area contributed by atoms with Crippen molar-refractivity contribution in [2.24, 2.45) is 0 Å². The number of nitrogens with zero attached hydrogens (tertiary/aromatic N) is 2. The number of anilines is 1. The average Bonchev–Trinajstić information content (AvgIpc) is 2.99. The Bertz CT molecular complexity index is 1200. The number of urea groups is 1. The zero-order chi connectivity index (χ0) is 23.6. The lowest BCUT2D eigenvalue weighted by atomic mass is 9.97. The van der Waals surface area contributed by atoms with Crippen LogP contribution in [-0.4, -0.2) is 35.5 Å². The number of imide groups is 1. The van der Waals surface area contributed by atoms with E-state index >= 15 is 0 Å². The minimum atomic E-state index is -1.04. The second-order valence-corrected chi connectivity index (χ2v) is 8.54. The van der Waals surface area contributed by atoms with Crippen molar-refractivity contribution in [2.75, 3.05) is 12.0 Å². The van der Waals surface area contributed by atoms with Crippen LogP contribution in [0.4, 0.5) is 10.5 Å². The largest absolute Gasteiger partial charge is 0.465 e. The van der Waals surface area contributed by atoms with Gasteiger partial charge in [0.2, 0.25) is 0 Å². The summed E-state index contributed by atoms with van der Waals surface area (Å²) in [5.74, 6) is -0.864. The minimum absolute atomic E-state index is 0.278. The van der Waals surface area contributed by atoms with Crippen LogP contribution in [-0.2, 0) is 22.5 Å². The number of hydrogen-bond donors (Lipinski definition) is 0. The molecule has 33 heavy (non-hydrogen) atoms. The van der Waals surface area contributed by atoms with Crippen LogP contribution < -0.4 is 4.90 Å². The molecular weight excluding hydrogens is 416 g/mol. The molecule has 3 aromatic carbocycles. The Kier molecular flexibility index (Phi) is 6.01. The molecule has 1 aliphatic heterocycles. The van der Waals surface area contributed by atoms with Gasteiger partial charge >= 0.3 is 12.0 Å². The summed E-state index contributed by atoms with van der Waals surface area (Å²) in [6.07, 6.45) is 0.734. The Morgan fingerprint density at radius 1 is 0.879 bits per heavy atom. The summed E-state index contributed by atoms with van der Waals surface area (Å²) in [6.45, 7) is 3.79. The van der Waals surface area contributed by atoms with Gasteiger partial charge in [0, 0.05) is 6.54 Å². The summed E-state index contributed by atoms with van der Waals surface area (Å²) in [7, 11) is 1.29. The van der Waals surface area contributed by atoms with Crippen LogP contribution in [0.3, 0.4) is 0 Å². The van der Waals surface area contributed by atoms with E-state index in [2.05, 4.69) is 18.2 Å². The molecule has 1 saturated heterocycles. The van der Waals surface area contributed by atoms with E-state index in [0.717, 1.165) is 22.4 Å². The highest BCUT2D eigenvalue weighted by atomic mass is 16.5. The molecule has 0 saturated carbocycles. The smallest absolute Gasteiger partial charge is 0.337 e. The molecular formula is C27H26N2O4. The monoisotopic (exact) mass is 442 g/mol. The highest BCUT2D eigenvalue weighted by Gasteiger charge is 2.51. The van der Waals surface area contributed by atoms with E-state index < -0.39 is 17.5 Å². The Morgan fingerprint density at radius 3 is 2.24 bits per heavy atom. The maximum absolute atomic E-state index is 13.5. The molecule has 0 aliphatic carbocycles. The van der Waals surface area contributed by atoms with Crippen molar-refractivity contribution < 1.29 is 19.1 Å². The van der Waals surface area contributed by atoms with Crippen LogP contribution in [0.25, 0.3) is 0 Å². The number of rotatable bonds is 6. The number of methoxy groups -OCH3 is 1. The first kappa shape index (κ1) is 22.3. The summed E-state index contributed by atoms with van der Waals surface area (Å²) >= 11 is 0. The summed E-state index contributed by atoms with van der Waals surface area (Å²) in [4.78, 5) is 41.5. The van der Waals surface area contributed by atoms with Gasteiger partial charge in [-0.1, -0.05) is 60.7 Å². The minimum Gasteiger partial charge on any atom is -0.465 e. The molecule has 3 amide bonds. The quantitative estimate of drug-likeness (QED) is 0.406. The number of benzene rings is 3. The molecule has 0 atom stereocenters. The lowest BCUT2D eigenvalue weighted by Crippen LogP contribution is -2.43. The number of amides is 3. The van der Waals surface area contributed by atoms with E-state index in [9.17, 15) is 14.4 Å². The maximum atomic E-state index is 13.5. The van der Waals surface area contributed by atoms with Gasteiger partial charge in [0.15, 0.2) is 0 Å². The summed E-state index contributed by atoms with van der Waals surface area (Å²) < 4.78 is 4.77. The molecule has 6 heteroatoms. The molecule has 0 aromatic heterocycles. The molecule has 4 rings (SSSR count). The van der Waals surface area contributed by atoms with E-state index in [1.807, 2.05) is 36.4 Å². The third-order valence-electron chi connectivity index (χ3n) is 6.03. The molecule has 168 valence electrons. The predicted octanol–water partition coefficient (Wildman–Crippen LogP) is 4.81. The fourth-order valence-corrected chi connectivity index (χ4v) is 4.09. The highest BCUT2D eigenvalue weighted by molar-refractivity contribution is 6.23. The van der Waals surface area contributed by atoms with Crippen LogP contribution in [0.15, 0.2) is 78.9 Å². The van der Waals surface area contributed by atoms with E-state index in [-0.39, 0.29) is 11.5 Å². The summed E-state index contributed by atoms with van der Waals surface area (Å²) in [5, 5.41) is 0. The maximum Gasteiger partial charge on any atom is 0.337 e. The van der Waals surface area contributed by atoms with Gasteiger partial charge in [-0.15, -0.1) is 0 Å². The second-order valence-electron chi connectivity index (χ2n) is 8.54.